The van der Waals surface area contributed by atoms with Crippen LogP contribution >= 0.6 is 24.8 Å². The van der Waals surface area contributed by atoms with Gasteiger partial charge in [0.1, 0.15) is 11.7 Å². The van der Waals surface area contributed by atoms with E-state index in [4.69, 9.17) is 0 Å². The lowest BCUT2D eigenvalue weighted by molar-refractivity contribution is -0.136. The Balaban J connectivity index is 0.00000136. The predicted octanol–water partition coefficient (Wildman–Crippen LogP) is 3.01. The number of carboxylic acids is 1. The predicted molar refractivity (Wildman–Crippen MR) is 128 cm³/mol. The van der Waals surface area contributed by atoms with E-state index in [0.29, 0.717) is 0 Å². The molecule has 0 saturated carbocycles. The fourth-order valence-electron chi connectivity index (χ4n) is 3.96. The third kappa shape index (κ3) is 4.38. The molecule has 0 bridgehead atoms. The van der Waals surface area contributed by atoms with E-state index in [9.17, 15) is 9.90 Å². The average molecular weight is 460 g/mol. The van der Waals surface area contributed by atoms with Crippen LogP contribution in [0.3, 0.4) is 0 Å². The smallest absolute Gasteiger partial charge is 0.307 e. The highest BCUT2D eigenvalue weighted by Gasteiger charge is 2.18. The Bertz CT molecular complexity index is 1170. The summed E-state index contributed by atoms with van der Waals surface area (Å²) in [6, 6.07) is 14.1. The van der Waals surface area contributed by atoms with Crippen LogP contribution in [0.4, 0.5) is 0 Å². The first-order chi connectivity index (χ1) is 14.2. The standard InChI is InChI=1S/C22H21N5O2.2ClH/c28-19(29)12-17-16-6-5-15(22-25-9-10-26-22)11-18(16)27-20(17)13-1-3-14(4-2-13)21-23-7-8-24-21;;/h1-6,11,27H,7-10,12H2,(H,23,24)(H,25,26)(H,28,29);2*1H. The number of halogens is 2. The van der Waals surface area contributed by atoms with Gasteiger partial charge >= 0.3 is 5.97 Å². The highest BCUT2D eigenvalue weighted by atomic mass is 35.5. The number of hydrogen-bond acceptors (Lipinski definition) is 5. The molecule has 5 rings (SSSR count). The van der Waals surface area contributed by atoms with E-state index in [0.717, 1.165) is 76.7 Å². The number of hydrogen-bond donors (Lipinski definition) is 4. The summed E-state index contributed by atoms with van der Waals surface area (Å²) in [5.74, 6) is 0.949. The third-order valence-electron chi connectivity index (χ3n) is 5.30. The van der Waals surface area contributed by atoms with Gasteiger partial charge in [-0.25, -0.2) is 0 Å². The molecule has 31 heavy (non-hydrogen) atoms. The zero-order valence-corrected chi connectivity index (χ0v) is 18.3. The van der Waals surface area contributed by atoms with Gasteiger partial charge in [-0.15, -0.1) is 24.8 Å². The van der Waals surface area contributed by atoms with E-state index in [1.165, 1.54) is 0 Å². The molecule has 4 N–H and O–H groups in total. The Morgan fingerprint density at radius 2 is 1.45 bits per heavy atom. The van der Waals surface area contributed by atoms with Crippen LogP contribution in [0.5, 0.6) is 0 Å². The Kier molecular flexibility index (Phi) is 6.87. The van der Waals surface area contributed by atoms with Crippen molar-refractivity contribution in [2.45, 2.75) is 6.42 Å². The Labute approximate surface area is 191 Å². The van der Waals surface area contributed by atoms with E-state index in [1.807, 2.05) is 42.5 Å². The summed E-state index contributed by atoms with van der Waals surface area (Å²) in [6.07, 6.45) is -0.0378. The first kappa shape index (κ1) is 22.7. The summed E-state index contributed by atoms with van der Waals surface area (Å²) in [7, 11) is 0. The molecule has 0 spiro atoms. The summed E-state index contributed by atoms with van der Waals surface area (Å²) in [6.45, 7) is 3.29. The van der Waals surface area contributed by atoms with Crippen LogP contribution in [0, 0.1) is 0 Å². The summed E-state index contributed by atoms with van der Waals surface area (Å²) >= 11 is 0. The lowest BCUT2D eigenvalue weighted by Gasteiger charge is -2.06. The van der Waals surface area contributed by atoms with Crippen LogP contribution in [0.1, 0.15) is 16.7 Å². The number of carbonyl (C=O) groups is 1. The molecule has 0 radical (unpaired) electrons. The molecule has 3 aromatic rings. The number of rotatable bonds is 5. The van der Waals surface area contributed by atoms with E-state index in [-0.39, 0.29) is 31.2 Å². The van der Waals surface area contributed by atoms with Crippen molar-refractivity contribution in [3.8, 4) is 11.3 Å². The van der Waals surface area contributed by atoms with Gasteiger partial charge in [-0.2, -0.15) is 0 Å². The normalized spacial score (nSPS) is 14.7. The first-order valence-corrected chi connectivity index (χ1v) is 9.73. The van der Waals surface area contributed by atoms with Gasteiger partial charge < -0.3 is 20.7 Å². The fraction of sp³-hybridized carbons (Fsp3) is 0.227. The van der Waals surface area contributed by atoms with Gasteiger partial charge in [0, 0.05) is 35.1 Å². The number of aliphatic imine (C=N–C) groups is 2. The topological polar surface area (TPSA) is 102 Å². The van der Waals surface area contributed by atoms with Gasteiger partial charge in [-0.3, -0.25) is 14.8 Å². The number of aliphatic carboxylic acids is 1. The third-order valence-corrected chi connectivity index (χ3v) is 5.30. The van der Waals surface area contributed by atoms with E-state index in [1.54, 1.807) is 0 Å². The molecule has 7 nitrogen and oxygen atoms in total. The van der Waals surface area contributed by atoms with Crippen LogP contribution in [0.2, 0.25) is 0 Å². The number of nitrogens with zero attached hydrogens (tertiary/aromatic N) is 2. The monoisotopic (exact) mass is 459 g/mol. The van der Waals surface area contributed by atoms with Gasteiger partial charge in [-0.05, 0) is 17.2 Å². The van der Waals surface area contributed by atoms with E-state index in [2.05, 4.69) is 25.6 Å². The number of amidine groups is 2. The molecular formula is C22H23Cl2N5O2. The summed E-state index contributed by atoms with van der Waals surface area (Å²) < 4.78 is 0. The Morgan fingerprint density at radius 1 is 0.871 bits per heavy atom. The van der Waals surface area contributed by atoms with Crippen molar-refractivity contribution >= 4 is 53.4 Å². The maximum absolute atomic E-state index is 11.5. The van der Waals surface area contributed by atoms with Crippen LogP contribution in [-0.2, 0) is 11.2 Å². The number of benzene rings is 2. The van der Waals surface area contributed by atoms with Crippen LogP contribution in [-0.4, -0.2) is 53.9 Å². The molecule has 0 fully saturated rings. The number of carboxylic acid groups (broad SMARTS) is 1. The van der Waals surface area contributed by atoms with Gasteiger partial charge in [0.2, 0.25) is 0 Å². The highest BCUT2D eigenvalue weighted by Crippen LogP contribution is 2.32. The second-order valence-corrected chi connectivity index (χ2v) is 7.20. The van der Waals surface area contributed by atoms with Crippen molar-refractivity contribution in [2.75, 3.05) is 26.2 Å². The van der Waals surface area contributed by atoms with Crippen LogP contribution < -0.4 is 10.6 Å². The zero-order chi connectivity index (χ0) is 19.8. The molecule has 0 aliphatic carbocycles. The minimum absolute atomic E-state index is 0. The van der Waals surface area contributed by atoms with E-state index >= 15 is 0 Å². The van der Waals surface area contributed by atoms with Crippen molar-refractivity contribution < 1.29 is 9.90 Å². The number of nitrogens with one attached hydrogen (secondary N) is 3. The highest BCUT2D eigenvalue weighted by molar-refractivity contribution is 6.04. The average Bonchev–Trinajstić information content (AvgIpc) is 3.49. The van der Waals surface area contributed by atoms with Gasteiger partial charge in [-0.1, -0.05) is 36.4 Å². The van der Waals surface area contributed by atoms with Gasteiger partial charge in [0.25, 0.3) is 0 Å². The molecule has 2 aromatic carbocycles. The fourth-order valence-corrected chi connectivity index (χ4v) is 3.96. The molecule has 2 aliphatic heterocycles. The molecule has 9 heteroatoms. The molecule has 0 unspecified atom stereocenters. The minimum Gasteiger partial charge on any atom is -0.481 e. The molecule has 3 heterocycles. The maximum Gasteiger partial charge on any atom is 0.307 e. The van der Waals surface area contributed by atoms with Crippen LogP contribution in [0.15, 0.2) is 52.4 Å². The number of fused-ring (bicyclic) bond motifs is 1. The van der Waals surface area contributed by atoms with Crippen molar-refractivity contribution in [1.82, 2.24) is 15.6 Å². The molecule has 0 saturated heterocycles. The minimum atomic E-state index is -0.848. The quantitative estimate of drug-likeness (QED) is 0.470. The molecule has 2 aliphatic rings. The first-order valence-electron chi connectivity index (χ1n) is 9.73. The molecular weight excluding hydrogens is 437 g/mol. The van der Waals surface area contributed by atoms with Crippen LogP contribution in [0.25, 0.3) is 22.2 Å². The number of aromatic amines is 1. The van der Waals surface area contributed by atoms with Crippen molar-refractivity contribution in [3.63, 3.8) is 0 Å². The second-order valence-electron chi connectivity index (χ2n) is 7.20. The lowest BCUT2D eigenvalue weighted by atomic mass is 10.0. The molecule has 0 atom stereocenters. The summed E-state index contributed by atoms with van der Waals surface area (Å²) in [5.41, 5.74) is 5.55. The molecule has 162 valence electrons. The van der Waals surface area contributed by atoms with Crippen molar-refractivity contribution in [2.24, 2.45) is 9.98 Å². The molecule has 0 amide bonds. The lowest BCUT2D eigenvalue weighted by Crippen LogP contribution is -2.19. The second kappa shape index (κ2) is 9.41. The Morgan fingerprint density at radius 3 is 2.03 bits per heavy atom. The van der Waals surface area contributed by atoms with Crippen molar-refractivity contribution in [3.05, 3.63) is 59.2 Å². The molecule has 1 aromatic heterocycles. The summed E-state index contributed by atoms with van der Waals surface area (Å²) in [4.78, 5) is 23.9. The number of aromatic nitrogens is 1. The SMILES string of the molecule is Cl.Cl.O=C(O)Cc1c(-c2ccc(C3=NCCN3)cc2)[nH]c2cc(C3=NCCN3)ccc12. The van der Waals surface area contributed by atoms with Gasteiger partial charge in [0.05, 0.1) is 25.2 Å². The van der Waals surface area contributed by atoms with Crippen molar-refractivity contribution in [1.29, 1.82) is 0 Å². The summed E-state index contributed by atoms with van der Waals surface area (Å²) in [5, 5.41) is 16.9. The largest absolute Gasteiger partial charge is 0.481 e. The zero-order valence-electron chi connectivity index (χ0n) is 16.6. The number of H-pyrrole nitrogens is 1. The van der Waals surface area contributed by atoms with Gasteiger partial charge in [0.15, 0.2) is 0 Å². The Hall–Kier alpha value is -3.03. The van der Waals surface area contributed by atoms with E-state index < -0.39 is 5.97 Å². The maximum atomic E-state index is 11.5.